The summed E-state index contributed by atoms with van der Waals surface area (Å²) in [5.41, 5.74) is 8.42. The Hall–Kier alpha value is -3.41. The second-order valence-corrected chi connectivity index (χ2v) is 7.46. The van der Waals surface area contributed by atoms with Gasteiger partial charge in [-0.25, -0.2) is 4.98 Å². The van der Waals surface area contributed by atoms with Crippen LogP contribution in [0, 0.1) is 5.92 Å². The zero-order valence-corrected chi connectivity index (χ0v) is 16.4. The van der Waals surface area contributed by atoms with Gasteiger partial charge in [-0.1, -0.05) is 24.3 Å². The van der Waals surface area contributed by atoms with E-state index in [1.165, 1.54) is 0 Å². The molecule has 2 heterocycles. The molecule has 6 heteroatoms. The van der Waals surface area contributed by atoms with E-state index in [4.69, 9.17) is 5.73 Å². The van der Waals surface area contributed by atoms with Crippen LogP contribution in [0.5, 0.6) is 0 Å². The van der Waals surface area contributed by atoms with Gasteiger partial charge in [0.1, 0.15) is 5.82 Å². The molecule has 1 fully saturated rings. The van der Waals surface area contributed by atoms with E-state index in [1.807, 2.05) is 42.5 Å². The third-order valence-electron chi connectivity index (χ3n) is 5.51. The zero-order chi connectivity index (χ0) is 20.4. The minimum atomic E-state index is -0.138. The van der Waals surface area contributed by atoms with Crippen LogP contribution < -0.4 is 11.1 Å². The van der Waals surface area contributed by atoms with Gasteiger partial charge in [0.25, 0.3) is 5.91 Å². The summed E-state index contributed by atoms with van der Waals surface area (Å²) in [5, 5.41) is 4.72. The highest BCUT2D eigenvalue weighted by Gasteiger charge is 2.28. The first kappa shape index (κ1) is 18.9. The van der Waals surface area contributed by atoms with Crippen molar-refractivity contribution in [2.45, 2.75) is 12.8 Å². The normalized spacial score (nSPS) is 16.6. The molecule has 148 valence electrons. The van der Waals surface area contributed by atoms with Gasteiger partial charge in [-0.2, -0.15) is 0 Å². The lowest BCUT2D eigenvalue weighted by Crippen LogP contribution is -2.44. The molecule has 1 saturated heterocycles. The van der Waals surface area contributed by atoms with Crippen LogP contribution in [0.1, 0.15) is 23.2 Å². The summed E-state index contributed by atoms with van der Waals surface area (Å²) < 4.78 is 0. The Kier molecular flexibility index (Phi) is 5.16. The SMILES string of the molecule is CNC(=O)C1CCCN(C(=O)c2cccc(-c3ccc4cnc(N)cc4c3)c2)C1. The number of nitrogens with one attached hydrogen (secondary N) is 1. The molecule has 6 nitrogen and oxygen atoms in total. The molecule has 1 aliphatic rings. The first-order valence-electron chi connectivity index (χ1n) is 9.82. The number of pyridine rings is 1. The number of piperidine rings is 1. The van der Waals surface area contributed by atoms with E-state index < -0.39 is 0 Å². The molecule has 29 heavy (non-hydrogen) atoms. The minimum absolute atomic E-state index is 0.00109. The predicted octanol–water partition coefficient (Wildman–Crippen LogP) is 3.08. The highest BCUT2D eigenvalue weighted by atomic mass is 16.2. The first-order valence-corrected chi connectivity index (χ1v) is 9.82. The zero-order valence-electron chi connectivity index (χ0n) is 16.4. The number of nitrogens with zero attached hydrogens (tertiary/aromatic N) is 2. The molecule has 1 aliphatic heterocycles. The number of nitrogens with two attached hydrogens (primary N) is 1. The van der Waals surface area contributed by atoms with Crippen LogP contribution in [0.2, 0.25) is 0 Å². The number of rotatable bonds is 3. The summed E-state index contributed by atoms with van der Waals surface area (Å²) in [4.78, 5) is 31.0. The Labute approximate surface area is 169 Å². The van der Waals surface area contributed by atoms with Gasteiger partial charge >= 0.3 is 0 Å². The smallest absolute Gasteiger partial charge is 0.253 e. The molecule has 0 aliphatic carbocycles. The van der Waals surface area contributed by atoms with Crippen molar-refractivity contribution in [2.75, 3.05) is 25.9 Å². The largest absolute Gasteiger partial charge is 0.384 e. The minimum Gasteiger partial charge on any atom is -0.384 e. The van der Waals surface area contributed by atoms with Crippen LogP contribution in [0.4, 0.5) is 5.82 Å². The van der Waals surface area contributed by atoms with Crippen LogP contribution in [-0.2, 0) is 4.79 Å². The van der Waals surface area contributed by atoms with Gasteiger partial charge < -0.3 is 16.0 Å². The van der Waals surface area contributed by atoms with Crippen LogP contribution in [0.15, 0.2) is 54.7 Å². The summed E-state index contributed by atoms with van der Waals surface area (Å²) in [6.45, 7) is 1.14. The maximum absolute atomic E-state index is 13.1. The van der Waals surface area contributed by atoms with Crippen LogP contribution in [-0.4, -0.2) is 41.8 Å². The van der Waals surface area contributed by atoms with Crippen molar-refractivity contribution >= 4 is 28.4 Å². The number of likely N-dealkylation sites (tertiary alicyclic amines) is 1. The summed E-state index contributed by atoms with van der Waals surface area (Å²) in [5.74, 6) is 0.311. The Bertz CT molecular complexity index is 1080. The number of hydrogen-bond donors (Lipinski definition) is 2. The van der Waals surface area contributed by atoms with Gasteiger partial charge in [-0.3, -0.25) is 9.59 Å². The summed E-state index contributed by atoms with van der Waals surface area (Å²) in [6.07, 6.45) is 3.41. The van der Waals surface area contributed by atoms with E-state index in [0.29, 0.717) is 24.5 Å². The lowest BCUT2D eigenvalue weighted by atomic mass is 9.96. The van der Waals surface area contributed by atoms with Gasteiger partial charge in [-0.05, 0) is 53.6 Å². The fourth-order valence-electron chi connectivity index (χ4n) is 3.93. The Morgan fingerprint density at radius 3 is 2.76 bits per heavy atom. The van der Waals surface area contributed by atoms with Gasteiger partial charge in [0.2, 0.25) is 5.91 Å². The molecule has 3 N–H and O–H groups in total. The van der Waals surface area contributed by atoms with Crippen LogP contribution in [0.25, 0.3) is 21.9 Å². The highest BCUT2D eigenvalue weighted by Crippen LogP contribution is 2.27. The second kappa shape index (κ2) is 7.91. The van der Waals surface area contributed by atoms with E-state index in [2.05, 4.69) is 16.4 Å². The van der Waals surface area contributed by atoms with Crippen molar-refractivity contribution in [3.8, 4) is 11.1 Å². The van der Waals surface area contributed by atoms with Gasteiger partial charge in [-0.15, -0.1) is 0 Å². The number of carbonyl (C=O) groups excluding carboxylic acids is 2. The molecule has 1 aromatic heterocycles. The highest BCUT2D eigenvalue weighted by molar-refractivity contribution is 5.96. The topological polar surface area (TPSA) is 88.3 Å². The van der Waals surface area contributed by atoms with E-state index in [0.717, 1.165) is 34.7 Å². The maximum Gasteiger partial charge on any atom is 0.253 e. The Morgan fingerprint density at radius 2 is 1.93 bits per heavy atom. The molecule has 2 aromatic carbocycles. The number of carbonyl (C=O) groups is 2. The van der Waals surface area contributed by atoms with Crippen molar-refractivity contribution in [2.24, 2.45) is 5.92 Å². The summed E-state index contributed by atoms with van der Waals surface area (Å²) >= 11 is 0. The number of benzene rings is 2. The second-order valence-electron chi connectivity index (χ2n) is 7.46. The average molecular weight is 388 g/mol. The average Bonchev–Trinajstić information content (AvgIpc) is 2.77. The fraction of sp³-hybridized carbons (Fsp3) is 0.261. The molecule has 0 saturated carbocycles. The lowest BCUT2D eigenvalue weighted by molar-refractivity contribution is -0.125. The van der Waals surface area contributed by atoms with E-state index in [-0.39, 0.29) is 17.7 Å². The number of amides is 2. The number of nitrogen functional groups attached to an aromatic ring is 1. The summed E-state index contributed by atoms with van der Waals surface area (Å²) in [7, 11) is 1.64. The third-order valence-corrected chi connectivity index (χ3v) is 5.51. The van der Waals surface area contributed by atoms with Crippen molar-refractivity contribution < 1.29 is 9.59 Å². The first-order chi connectivity index (χ1) is 14.0. The Balaban J connectivity index is 1.60. The molecule has 4 rings (SSSR count). The van der Waals surface area contributed by atoms with Gasteiger partial charge in [0.05, 0.1) is 5.92 Å². The molecule has 1 unspecified atom stereocenters. The molecule has 0 spiro atoms. The van der Waals surface area contributed by atoms with E-state index in [9.17, 15) is 9.59 Å². The van der Waals surface area contributed by atoms with Gasteiger partial charge in [0, 0.05) is 37.3 Å². The van der Waals surface area contributed by atoms with Crippen LogP contribution >= 0.6 is 0 Å². The number of aromatic nitrogens is 1. The van der Waals surface area contributed by atoms with Crippen molar-refractivity contribution in [3.05, 3.63) is 60.3 Å². The quantitative estimate of drug-likeness (QED) is 0.722. The lowest BCUT2D eigenvalue weighted by Gasteiger charge is -2.32. The predicted molar refractivity (Wildman–Crippen MR) is 114 cm³/mol. The molecule has 0 bridgehead atoms. The molecular weight excluding hydrogens is 364 g/mol. The third kappa shape index (κ3) is 3.92. The molecular formula is C23H24N4O2. The number of anilines is 1. The monoisotopic (exact) mass is 388 g/mol. The maximum atomic E-state index is 13.1. The van der Waals surface area contributed by atoms with Gasteiger partial charge in [0.15, 0.2) is 0 Å². The fourth-order valence-corrected chi connectivity index (χ4v) is 3.93. The van der Waals surface area contributed by atoms with Crippen LogP contribution in [0.3, 0.4) is 0 Å². The van der Waals surface area contributed by atoms with E-state index in [1.54, 1.807) is 18.1 Å². The molecule has 2 amide bonds. The van der Waals surface area contributed by atoms with Crippen molar-refractivity contribution in [1.29, 1.82) is 0 Å². The summed E-state index contributed by atoms with van der Waals surface area (Å²) in [6, 6.07) is 15.6. The number of fused-ring (bicyclic) bond motifs is 1. The van der Waals surface area contributed by atoms with Crippen molar-refractivity contribution in [1.82, 2.24) is 15.2 Å². The standard InChI is InChI=1S/C23H24N4O2/c1-25-22(28)19-6-3-9-27(14-19)23(29)17-5-2-4-15(10-17)16-7-8-18-13-26-21(24)12-20(18)11-16/h2,4-5,7-8,10-13,19H,3,6,9,14H2,1H3,(H2,24,26)(H,25,28). The molecule has 0 radical (unpaired) electrons. The number of hydrogen-bond acceptors (Lipinski definition) is 4. The Morgan fingerprint density at radius 1 is 1.10 bits per heavy atom. The van der Waals surface area contributed by atoms with Crippen molar-refractivity contribution in [3.63, 3.8) is 0 Å². The van der Waals surface area contributed by atoms with E-state index >= 15 is 0 Å². The molecule has 3 aromatic rings. The molecule has 1 atom stereocenters.